The summed E-state index contributed by atoms with van der Waals surface area (Å²) in [7, 11) is 0. The third-order valence-corrected chi connectivity index (χ3v) is 11.5. The largest absolute Gasteiger partial charge is 0.479 e. The van der Waals surface area contributed by atoms with Gasteiger partial charge in [0.2, 0.25) is 0 Å². The lowest BCUT2D eigenvalue weighted by Crippen LogP contribution is -2.61. The van der Waals surface area contributed by atoms with Crippen molar-refractivity contribution in [2.45, 2.75) is 225 Å². The van der Waals surface area contributed by atoms with Crippen molar-refractivity contribution in [1.82, 2.24) is 0 Å². The lowest BCUT2D eigenvalue weighted by atomic mass is 9.98. The number of hydrogen-bond acceptors (Lipinski definition) is 11. The number of aliphatic hydroxyl groups is 2. The molecule has 0 aliphatic carbocycles. The van der Waals surface area contributed by atoms with Crippen molar-refractivity contribution in [3.63, 3.8) is 0 Å². The van der Waals surface area contributed by atoms with E-state index in [9.17, 15) is 34.5 Å². The molecule has 0 saturated carbocycles. The number of aliphatic hydroxyl groups excluding tert-OH is 2. The highest BCUT2D eigenvalue weighted by atomic mass is 16.7. The molecule has 12 heteroatoms. The molecule has 12 nitrogen and oxygen atoms in total. The normalized spacial score (nSPS) is 19.3. The van der Waals surface area contributed by atoms with Gasteiger partial charge in [0.25, 0.3) is 0 Å². The topological polar surface area (TPSA) is 175 Å². The fraction of sp³-hybridized carbons (Fsp3) is 0.607. The van der Waals surface area contributed by atoms with Crippen molar-refractivity contribution in [2.24, 2.45) is 0 Å². The second-order valence-electron chi connectivity index (χ2n) is 18.1. The molecular weight excluding hydrogens is 925 g/mol. The van der Waals surface area contributed by atoms with E-state index in [2.05, 4.69) is 130 Å². The van der Waals surface area contributed by atoms with E-state index in [4.69, 9.17) is 23.7 Å². The van der Waals surface area contributed by atoms with Gasteiger partial charge in [-0.05, 0) is 96.3 Å². The van der Waals surface area contributed by atoms with Gasteiger partial charge >= 0.3 is 23.9 Å². The molecule has 0 bridgehead atoms. The van der Waals surface area contributed by atoms with Gasteiger partial charge in [0.15, 0.2) is 24.6 Å². The Morgan fingerprint density at radius 3 is 1.37 bits per heavy atom. The van der Waals surface area contributed by atoms with Gasteiger partial charge in [-0.2, -0.15) is 0 Å². The Labute approximate surface area is 439 Å². The van der Waals surface area contributed by atoms with Gasteiger partial charge in [0, 0.05) is 19.3 Å². The predicted molar refractivity (Wildman–Crippen MR) is 293 cm³/mol. The first-order valence-corrected chi connectivity index (χ1v) is 27.5. The molecule has 1 fully saturated rings. The van der Waals surface area contributed by atoms with Crippen molar-refractivity contribution in [2.75, 3.05) is 13.2 Å². The molecular formula is C61H94O12. The summed E-state index contributed by atoms with van der Waals surface area (Å²) in [4.78, 5) is 50.9. The number of carbonyl (C=O) groups excluding carboxylic acids is 3. The molecule has 410 valence electrons. The van der Waals surface area contributed by atoms with Crippen LogP contribution < -0.4 is 0 Å². The minimum absolute atomic E-state index is 0.0429. The van der Waals surface area contributed by atoms with Crippen LogP contribution in [0.5, 0.6) is 0 Å². The first-order valence-electron chi connectivity index (χ1n) is 27.5. The molecule has 6 unspecified atom stereocenters. The maximum atomic E-state index is 13.1. The molecule has 0 aromatic rings. The third-order valence-electron chi connectivity index (χ3n) is 11.5. The van der Waals surface area contributed by atoms with Gasteiger partial charge in [-0.1, -0.05) is 194 Å². The maximum absolute atomic E-state index is 13.1. The highest BCUT2D eigenvalue weighted by Crippen LogP contribution is 2.26. The zero-order chi connectivity index (χ0) is 53.3. The first kappa shape index (κ1) is 66.1. The van der Waals surface area contributed by atoms with Gasteiger partial charge in [-0.15, -0.1) is 0 Å². The van der Waals surface area contributed by atoms with Crippen LogP contribution in [-0.4, -0.2) is 89.2 Å². The molecule has 0 aromatic heterocycles. The number of allylic oxidation sites excluding steroid dienone is 20. The highest BCUT2D eigenvalue weighted by Gasteiger charge is 2.50. The van der Waals surface area contributed by atoms with Gasteiger partial charge in [-0.25, -0.2) is 4.79 Å². The zero-order valence-electron chi connectivity index (χ0n) is 44.8. The molecule has 6 atom stereocenters. The van der Waals surface area contributed by atoms with Crippen molar-refractivity contribution in [3.8, 4) is 0 Å². The summed E-state index contributed by atoms with van der Waals surface area (Å²) < 4.78 is 28.2. The minimum atomic E-state index is -1.92. The molecule has 0 radical (unpaired) electrons. The van der Waals surface area contributed by atoms with Crippen molar-refractivity contribution >= 4 is 23.9 Å². The molecule has 0 spiro atoms. The highest BCUT2D eigenvalue weighted by molar-refractivity contribution is 5.74. The van der Waals surface area contributed by atoms with Gasteiger partial charge in [-0.3, -0.25) is 14.4 Å². The summed E-state index contributed by atoms with van der Waals surface area (Å²) in [5, 5.41) is 31.3. The monoisotopic (exact) mass is 1020 g/mol. The van der Waals surface area contributed by atoms with Crippen molar-refractivity contribution in [3.05, 3.63) is 122 Å². The summed E-state index contributed by atoms with van der Waals surface area (Å²) in [6.07, 6.45) is 53.5. The first-order chi connectivity index (χ1) is 35.6. The smallest absolute Gasteiger partial charge is 0.335 e. The molecule has 3 N–H and O–H groups in total. The van der Waals surface area contributed by atoms with E-state index < -0.39 is 67.3 Å². The third kappa shape index (κ3) is 38.4. The van der Waals surface area contributed by atoms with Crippen LogP contribution in [0.4, 0.5) is 0 Å². The SMILES string of the molecule is CC/C=C\C/C=C\C/C=C\C/C=C\C/C=C\C/C=C\CCC(=O)OCC(COC1OC(C(=O)O)C(O)C(O)C1OC(=O)CCCCCCCCCCC)OC(=O)CCCC/C=C\C/C=C\C/C=C\C/C=C\CC. The van der Waals surface area contributed by atoms with Gasteiger partial charge in [0.05, 0.1) is 6.61 Å². The Hall–Kier alpha value is -4.88. The number of aliphatic carboxylic acids is 1. The van der Waals surface area contributed by atoms with Crippen molar-refractivity contribution in [1.29, 1.82) is 0 Å². The zero-order valence-corrected chi connectivity index (χ0v) is 44.8. The van der Waals surface area contributed by atoms with Crippen LogP contribution in [0.25, 0.3) is 0 Å². The summed E-state index contributed by atoms with van der Waals surface area (Å²) in [5.41, 5.74) is 0. The number of carbonyl (C=O) groups is 4. The van der Waals surface area contributed by atoms with Crippen LogP contribution in [-0.2, 0) is 42.9 Å². The van der Waals surface area contributed by atoms with E-state index in [1.807, 2.05) is 12.2 Å². The fourth-order valence-corrected chi connectivity index (χ4v) is 7.38. The lowest BCUT2D eigenvalue weighted by Gasteiger charge is -2.40. The van der Waals surface area contributed by atoms with E-state index >= 15 is 0 Å². The van der Waals surface area contributed by atoms with Crippen molar-refractivity contribution < 1.29 is 58.2 Å². The molecule has 1 heterocycles. The van der Waals surface area contributed by atoms with E-state index in [-0.39, 0.29) is 25.9 Å². The van der Waals surface area contributed by atoms with Crippen LogP contribution in [0.2, 0.25) is 0 Å². The quantitative estimate of drug-likeness (QED) is 0.0228. The number of carboxylic acids is 1. The average Bonchev–Trinajstić information content (AvgIpc) is 3.37. The maximum Gasteiger partial charge on any atom is 0.335 e. The fourth-order valence-electron chi connectivity index (χ4n) is 7.38. The number of rotatable bonds is 44. The molecule has 73 heavy (non-hydrogen) atoms. The van der Waals surface area contributed by atoms with Gasteiger partial charge < -0.3 is 39.0 Å². The van der Waals surface area contributed by atoms with E-state index in [1.54, 1.807) is 0 Å². The van der Waals surface area contributed by atoms with Crippen LogP contribution in [0.3, 0.4) is 0 Å². The van der Waals surface area contributed by atoms with Crippen LogP contribution >= 0.6 is 0 Å². The molecule has 0 amide bonds. The number of esters is 3. The van der Waals surface area contributed by atoms with Crippen LogP contribution in [0, 0.1) is 0 Å². The second-order valence-corrected chi connectivity index (χ2v) is 18.1. The summed E-state index contributed by atoms with van der Waals surface area (Å²) in [6, 6.07) is 0. The Bertz CT molecular complexity index is 1730. The molecule has 1 rings (SSSR count). The number of carboxylic acid groups (broad SMARTS) is 1. The molecule has 0 aromatic carbocycles. The summed E-state index contributed by atoms with van der Waals surface area (Å²) in [6.45, 7) is 5.60. The van der Waals surface area contributed by atoms with Crippen LogP contribution in [0.15, 0.2) is 122 Å². The molecule has 1 aliphatic heterocycles. The predicted octanol–water partition coefficient (Wildman–Crippen LogP) is 13.7. The van der Waals surface area contributed by atoms with E-state index in [0.717, 1.165) is 96.3 Å². The Morgan fingerprint density at radius 2 is 0.890 bits per heavy atom. The van der Waals surface area contributed by atoms with Crippen LogP contribution in [0.1, 0.15) is 188 Å². The second kappa shape index (κ2) is 48.1. The van der Waals surface area contributed by atoms with E-state index in [0.29, 0.717) is 25.7 Å². The number of ether oxygens (including phenoxy) is 5. The Morgan fingerprint density at radius 1 is 0.466 bits per heavy atom. The average molecular weight is 1020 g/mol. The number of hydrogen-bond donors (Lipinski definition) is 3. The summed E-state index contributed by atoms with van der Waals surface area (Å²) >= 11 is 0. The lowest BCUT2D eigenvalue weighted by molar-refractivity contribution is -0.301. The number of unbranched alkanes of at least 4 members (excludes halogenated alkanes) is 10. The molecule has 1 aliphatic rings. The minimum Gasteiger partial charge on any atom is -0.479 e. The molecule has 1 saturated heterocycles. The van der Waals surface area contributed by atoms with E-state index in [1.165, 1.54) is 25.7 Å². The Kier molecular flexibility index (Phi) is 43.6. The van der Waals surface area contributed by atoms with Gasteiger partial charge in [0.1, 0.15) is 18.8 Å². The standard InChI is InChI=1S/C61H94O12/c1-4-7-10-13-16-19-21-23-25-26-27-28-30-31-33-36-38-41-44-47-53(62)69-50-52(71-54(63)48-45-42-40-37-34-32-29-24-22-20-17-14-11-8-5-2)51-70-61-59(57(66)56(65)58(73-61)60(67)68)72-55(64)49-46-43-39-35-18-15-12-9-6-3/h7-8,10-11,16-17,19-20,23-25,27-29,31,33-34,37-38,41,52,56-59,61,65-66H,4-6,9,12-15,18,21-22,26,30,32,35-36,39-40,42-51H2,1-3H3,(H,67,68)/b10-7-,11-8-,19-16-,20-17-,25-23-,28-27-,29-24-,33-31-,37-34-,41-38-. The Balaban J connectivity index is 2.78. The summed E-state index contributed by atoms with van der Waals surface area (Å²) in [5.74, 6) is -3.31.